The Hall–Kier alpha value is -2.48. The lowest BCUT2D eigenvalue weighted by molar-refractivity contribution is -0.169. The number of furan rings is 1. The number of hydrogen-bond donors (Lipinski definition) is 2. The first-order valence-electron chi connectivity index (χ1n) is 5.91. The van der Waals surface area contributed by atoms with Crippen LogP contribution in [-0.2, 0) is 25.7 Å². The molecule has 0 bridgehead atoms. The van der Waals surface area contributed by atoms with Gasteiger partial charge in [0.25, 0.3) is 0 Å². The van der Waals surface area contributed by atoms with Crippen molar-refractivity contribution in [3.05, 3.63) is 23.7 Å². The third-order valence-electron chi connectivity index (χ3n) is 2.55. The zero-order valence-corrected chi connectivity index (χ0v) is 11.2. The van der Waals surface area contributed by atoms with Crippen LogP contribution in [0.3, 0.4) is 0 Å². The molecule has 0 amide bonds. The number of rotatable bonds is 8. The Labute approximate surface area is 119 Å². The molecule has 0 radical (unpaired) electrons. The van der Waals surface area contributed by atoms with Crippen molar-refractivity contribution >= 4 is 24.0 Å². The van der Waals surface area contributed by atoms with Gasteiger partial charge in [-0.3, -0.25) is 14.4 Å². The van der Waals surface area contributed by atoms with Gasteiger partial charge < -0.3 is 19.4 Å². The molecule has 8 nitrogen and oxygen atoms in total. The SMILES string of the molecule is CC(=O)CC(O)(CC(=O)OCc1ccc(C=O)o1)C(=O)O. The molecule has 8 heteroatoms. The highest BCUT2D eigenvalue weighted by Crippen LogP contribution is 2.18. The van der Waals surface area contributed by atoms with E-state index in [0.29, 0.717) is 6.29 Å². The number of Topliss-reactive ketones (excluding diaryl/α,β-unsaturated/α-hetero) is 1. The summed E-state index contributed by atoms with van der Waals surface area (Å²) >= 11 is 0. The van der Waals surface area contributed by atoms with Crippen LogP contribution < -0.4 is 0 Å². The van der Waals surface area contributed by atoms with Crippen molar-refractivity contribution in [2.75, 3.05) is 0 Å². The Kier molecular flexibility index (Phi) is 5.37. The molecule has 0 aliphatic rings. The van der Waals surface area contributed by atoms with Gasteiger partial charge in [0, 0.05) is 6.42 Å². The molecule has 1 aromatic rings. The number of carbonyl (C=O) groups excluding carboxylic acids is 3. The molecule has 0 saturated heterocycles. The first kappa shape index (κ1) is 16.6. The summed E-state index contributed by atoms with van der Waals surface area (Å²) in [7, 11) is 0. The maximum Gasteiger partial charge on any atom is 0.336 e. The summed E-state index contributed by atoms with van der Waals surface area (Å²) < 4.78 is 9.68. The Bertz CT molecular complexity index is 558. The third kappa shape index (κ3) is 4.84. The van der Waals surface area contributed by atoms with Crippen LogP contribution in [0.5, 0.6) is 0 Å². The number of ketones is 1. The minimum Gasteiger partial charge on any atom is -0.479 e. The van der Waals surface area contributed by atoms with Gasteiger partial charge in [-0.2, -0.15) is 0 Å². The molecule has 1 unspecified atom stereocenters. The summed E-state index contributed by atoms with van der Waals surface area (Å²) in [5.41, 5.74) is -2.50. The molecule has 0 spiro atoms. The average molecular weight is 298 g/mol. The number of aliphatic hydroxyl groups is 1. The van der Waals surface area contributed by atoms with Crippen LogP contribution in [0.15, 0.2) is 16.5 Å². The van der Waals surface area contributed by atoms with E-state index >= 15 is 0 Å². The summed E-state index contributed by atoms with van der Waals surface area (Å²) in [6, 6.07) is 2.79. The van der Waals surface area contributed by atoms with Gasteiger partial charge in [-0.05, 0) is 19.1 Å². The number of hydrogen-bond acceptors (Lipinski definition) is 7. The summed E-state index contributed by atoms with van der Waals surface area (Å²) in [6.45, 7) is 0.783. The Morgan fingerprint density at radius 2 is 2.00 bits per heavy atom. The zero-order valence-electron chi connectivity index (χ0n) is 11.2. The highest BCUT2D eigenvalue weighted by atomic mass is 16.5. The van der Waals surface area contributed by atoms with Crippen LogP contribution in [-0.4, -0.2) is 39.8 Å². The number of esters is 1. The van der Waals surface area contributed by atoms with Gasteiger partial charge in [-0.25, -0.2) is 4.79 Å². The van der Waals surface area contributed by atoms with E-state index in [9.17, 15) is 24.3 Å². The van der Waals surface area contributed by atoms with E-state index in [4.69, 9.17) is 14.3 Å². The average Bonchev–Trinajstić information content (AvgIpc) is 2.83. The molecule has 1 heterocycles. The van der Waals surface area contributed by atoms with Crippen LogP contribution in [0, 0.1) is 0 Å². The monoisotopic (exact) mass is 298 g/mol. The van der Waals surface area contributed by atoms with Crippen LogP contribution >= 0.6 is 0 Å². The maximum atomic E-state index is 11.5. The quantitative estimate of drug-likeness (QED) is 0.518. The second-order valence-electron chi connectivity index (χ2n) is 4.47. The van der Waals surface area contributed by atoms with E-state index in [1.807, 2.05) is 0 Å². The van der Waals surface area contributed by atoms with Crippen molar-refractivity contribution in [1.82, 2.24) is 0 Å². The van der Waals surface area contributed by atoms with Crippen molar-refractivity contribution < 1.29 is 38.5 Å². The van der Waals surface area contributed by atoms with E-state index < -0.39 is 36.2 Å². The van der Waals surface area contributed by atoms with Crippen LogP contribution in [0.1, 0.15) is 36.1 Å². The molecule has 0 aliphatic carbocycles. The van der Waals surface area contributed by atoms with Crippen molar-refractivity contribution in [3.8, 4) is 0 Å². The predicted molar refractivity (Wildman–Crippen MR) is 66.4 cm³/mol. The highest BCUT2D eigenvalue weighted by Gasteiger charge is 2.40. The molecule has 1 rings (SSSR count). The molecule has 2 N–H and O–H groups in total. The van der Waals surface area contributed by atoms with Crippen LogP contribution in [0.2, 0.25) is 0 Å². The minimum atomic E-state index is -2.50. The first-order valence-corrected chi connectivity index (χ1v) is 5.91. The lowest BCUT2D eigenvalue weighted by atomic mass is 9.94. The van der Waals surface area contributed by atoms with Crippen LogP contribution in [0.4, 0.5) is 0 Å². The largest absolute Gasteiger partial charge is 0.479 e. The maximum absolute atomic E-state index is 11.5. The van der Waals surface area contributed by atoms with Gasteiger partial charge in [0.2, 0.25) is 0 Å². The number of ether oxygens (including phenoxy) is 1. The van der Waals surface area contributed by atoms with Crippen molar-refractivity contribution in [2.24, 2.45) is 0 Å². The fourth-order valence-electron chi connectivity index (χ4n) is 1.60. The smallest absolute Gasteiger partial charge is 0.336 e. The number of carboxylic acid groups (broad SMARTS) is 1. The van der Waals surface area contributed by atoms with Crippen LogP contribution in [0.25, 0.3) is 0 Å². The molecule has 1 aromatic heterocycles. The molecule has 21 heavy (non-hydrogen) atoms. The van der Waals surface area contributed by atoms with E-state index in [0.717, 1.165) is 6.92 Å². The first-order chi connectivity index (χ1) is 9.76. The van der Waals surface area contributed by atoms with E-state index in [1.54, 1.807) is 0 Å². The van der Waals surface area contributed by atoms with E-state index in [-0.39, 0.29) is 18.1 Å². The van der Waals surface area contributed by atoms with Gasteiger partial charge in [0.05, 0.1) is 6.42 Å². The molecule has 114 valence electrons. The number of aldehydes is 1. The van der Waals surface area contributed by atoms with Gasteiger partial charge >= 0.3 is 11.9 Å². The highest BCUT2D eigenvalue weighted by molar-refractivity contribution is 5.90. The third-order valence-corrected chi connectivity index (χ3v) is 2.55. The van der Waals surface area contributed by atoms with Crippen molar-refractivity contribution in [3.63, 3.8) is 0 Å². The normalized spacial score (nSPS) is 13.2. The Morgan fingerprint density at radius 1 is 1.33 bits per heavy atom. The lowest BCUT2D eigenvalue weighted by Crippen LogP contribution is -2.42. The second-order valence-corrected chi connectivity index (χ2v) is 4.47. The number of aliphatic carboxylic acids is 1. The molecular weight excluding hydrogens is 284 g/mol. The Balaban J connectivity index is 2.60. The fourth-order valence-corrected chi connectivity index (χ4v) is 1.60. The Morgan fingerprint density at radius 3 is 2.48 bits per heavy atom. The topological polar surface area (TPSA) is 131 Å². The molecule has 1 atom stereocenters. The number of carbonyl (C=O) groups is 4. The second kappa shape index (κ2) is 6.80. The molecule has 0 aromatic carbocycles. The number of carboxylic acids is 1. The molecule has 0 fully saturated rings. The standard InChI is InChI=1S/C13H14O8/c1-8(15)4-13(19,12(17)18)5-11(16)20-7-10-3-2-9(6-14)21-10/h2-3,6,19H,4-5,7H2,1H3,(H,17,18). The van der Waals surface area contributed by atoms with E-state index in [1.165, 1.54) is 12.1 Å². The van der Waals surface area contributed by atoms with E-state index in [2.05, 4.69) is 0 Å². The molecular formula is C13H14O8. The predicted octanol–water partition coefficient (Wildman–Crippen LogP) is 0.320. The van der Waals surface area contributed by atoms with Gasteiger partial charge in [0.15, 0.2) is 17.6 Å². The van der Waals surface area contributed by atoms with Crippen molar-refractivity contribution in [1.29, 1.82) is 0 Å². The summed E-state index contributed by atoms with van der Waals surface area (Å²) in [5, 5.41) is 18.7. The summed E-state index contributed by atoms with van der Waals surface area (Å²) in [4.78, 5) is 43.8. The molecule has 0 saturated carbocycles. The zero-order chi connectivity index (χ0) is 16.0. The van der Waals surface area contributed by atoms with Crippen molar-refractivity contribution in [2.45, 2.75) is 32.0 Å². The van der Waals surface area contributed by atoms with Gasteiger partial charge in [-0.15, -0.1) is 0 Å². The summed E-state index contributed by atoms with van der Waals surface area (Å²) in [6.07, 6.45) is -1.10. The molecule has 0 aliphatic heterocycles. The minimum absolute atomic E-state index is 0.0552. The van der Waals surface area contributed by atoms with Gasteiger partial charge in [0.1, 0.15) is 18.2 Å². The van der Waals surface area contributed by atoms with Gasteiger partial charge in [-0.1, -0.05) is 0 Å². The fraction of sp³-hybridized carbons (Fsp3) is 0.385. The lowest BCUT2D eigenvalue weighted by Gasteiger charge is -2.20. The summed E-state index contributed by atoms with van der Waals surface area (Å²) in [5.74, 6) is -3.02.